The number of hydrogen-bond donors (Lipinski definition) is 2. The lowest BCUT2D eigenvalue weighted by molar-refractivity contribution is -0.128. The second kappa shape index (κ2) is 7.64. The van der Waals surface area contributed by atoms with Gasteiger partial charge in [0.25, 0.3) is 0 Å². The lowest BCUT2D eigenvalue weighted by Crippen LogP contribution is -2.57. The largest absolute Gasteiger partial charge is 0.348 e. The minimum Gasteiger partial charge on any atom is -0.348 e. The van der Waals surface area contributed by atoms with Crippen molar-refractivity contribution in [3.8, 4) is 0 Å². The number of rotatable bonds is 4. The van der Waals surface area contributed by atoms with Crippen molar-refractivity contribution in [2.75, 3.05) is 12.8 Å². The number of amides is 1. The zero-order valence-electron chi connectivity index (χ0n) is 13.8. The van der Waals surface area contributed by atoms with E-state index in [1.54, 1.807) is 24.3 Å². The second-order valence-corrected chi connectivity index (χ2v) is 8.27. The van der Waals surface area contributed by atoms with Crippen LogP contribution < -0.4 is 10.6 Å². The summed E-state index contributed by atoms with van der Waals surface area (Å²) in [6, 6.07) is 6.49. The third-order valence-electron chi connectivity index (χ3n) is 4.28. The zero-order chi connectivity index (χ0) is 16.4. The molecule has 1 amide bonds. The molecule has 0 radical (unpaired) electrons. The van der Waals surface area contributed by atoms with Crippen LogP contribution >= 0.6 is 12.4 Å². The Morgan fingerprint density at radius 3 is 2.35 bits per heavy atom. The summed E-state index contributed by atoms with van der Waals surface area (Å²) < 4.78 is 22.9. The smallest absolute Gasteiger partial charge is 0.240 e. The van der Waals surface area contributed by atoms with Gasteiger partial charge in [0.2, 0.25) is 5.91 Å². The molecule has 7 heteroatoms. The zero-order valence-corrected chi connectivity index (χ0v) is 15.4. The van der Waals surface area contributed by atoms with Gasteiger partial charge in [-0.1, -0.05) is 12.1 Å². The molecule has 1 saturated heterocycles. The molecular weight excluding hydrogens is 336 g/mol. The molecule has 1 heterocycles. The maximum atomic E-state index is 12.5. The van der Waals surface area contributed by atoms with Gasteiger partial charge in [-0.2, -0.15) is 0 Å². The van der Waals surface area contributed by atoms with Crippen LogP contribution in [0.3, 0.4) is 0 Å². The Labute approximate surface area is 144 Å². The minimum atomic E-state index is -3.19. The van der Waals surface area contributed by atoms with Crippen molar-refractivity contribution in [2.45, 2.75) is 49.6 Å². The van der Waals surface area contributed by atoms with Crippen LogP contribution in [-0.4, -0.2) is 32.7 Å². The molecule has 1 aromatic rings. The molecule has 2 rings (SSSR count). The topological polar surface area (TPSA) is 75.3 Å². The second-order valence-electron chi connectivity index (χ2n) is 6.25. The molecule has 0 spiro atoms. The summed E-state index contributed by atoms with van der Waals surface area (Å²) in [5.74, 6) is -0.00751. The molecule has 1 fully saturated rings. The van der Waals surface area contributed by atoms with Gasteiger partial charge < -0.3 is 10.6 Å². The third kappa shape index (κ3) is 4.93. The highest BCUT2D eigenvalue weighted by atomic mass is 35.5. The molecule has 5 nitrogen and oxygen atoms in total. The van der Waals surface area contributed by atoms with Crippen molar-refractivity contribution < 1.29 is 13.2 Å². The highest BCUT2D eigenvalue weighted by Gasteiger charge is 2.34. The molecule has 2 N–H and O–H groups in total. The van der Waals surface area contributed by atoms with E-state index in [2.05, 4.69) is 10.6 Å². The quantitative estimate of drug-likeness (QED) is 0.863. The highest BCUT2D eigenvalue weighted by molar-refractivity contribution is 7.90. The van der Waals surface area contributed by atoms with Gasteiger partial charge in [0.05, 0.1) is 16.5 Å². The number of carbonyl (C=O) groups is 1. The third-order valence-corrected chi connectivity index (χ3v) is 5.40. The van der Waals surface area contributed by atoms with Gasteiger partial charge in [-0.25, -0.2) is 8.42 Å². The standard InChI is InChI=1S/C16H24N2O3S.ClH/c1-12(13-6-8-14(9-7-13)22(3,20)21)18-15(19)16(2)10-4-5-11-17-16;/h6-9,12,17H,4-5,10-11H2,1-3H3,(H,18,19);1H. The van der Waals surface area contributed by atoms with E-state index in [9.17, 15) is 13.2 Å². The SMILES string of the molecule is CC(NC(=O)C1(C)CCCCN1)c1ccc(S(C)(=O)=O)cc1.Cl. The molecule has 0 bridgehead atoms. The number of halogens is 1. The van der Waals surface area contributed by atoms with E-state index >= 15 is 0 Å². The van der Waals surface area contributed by atoms with Crippen LogP contribution in [0.15, 0.2) is 29.2 Å². The van der Waals surface area contributed by atoms with Crippen molar-refractivity contribution in [1.82, 2.24) is 10.6 Å². The first-order valence-electron chi connectivity index (χ1n) is 7.58. The molecule has 2 atom stereocenters. The fraction of sp³-hybridized carbons (Fsp3) is 0.562. The maximum absolute atomic E-state index is 12.5. The predicted octanol–water partition coefficient (Wildman–Crippen LogP) is 2.22. The Morgan fingerprint density at radius 2 is 1.87 bits per heavy atom. The number of sulfone groups is 1. The lowest BCUT2D eigenvalue weighted by atomic mass is 9.89. The van der Waals surface area contributed by atoms with Crippen LogP contribution in [0, 0.1) is 0 Å². The van der Waals surface area contributed by atoms with Gasteiger partial charge >= 0.3 is 0 Å². The molecule has 0 aliphatic carbocycles. The van der Waals surface area contributed by atoms with E-state index in [1.807, 2.05) is 13.8 Å². The minimum absolute atomic E-state index is 0. The van der Waals surface area contributed by atoms with E-state index in [-0.39, 0.29) is 29.3 Å². The van der Waals surface area contributed by atoms with Crippen LogP contribution in [-0.2, 0) is 14.6 Å². The maximum Gasteiger partial charge on any atom is 0.240 e. The Bertz CT molecular complexity index is 638. The summed E-state index contributed by atoms with van der Waals surface area (Å²) >= 11 is 0. The molecule has 1 aromatic carbocycles. The van der Waals surface area contributed by atoms with Crippen LogP contribution in [0.1, 0.15) is 44.7 Å². The highest BCUT2D eigenvalue weighted by Crippen LogP contribution is 2.21. The molecule has 0 saturated carbocycles. The summed E-state index contributed by atoms with van der Waals surface area (Å²) in [5.41, 5.74) is 0.374. The first kappa shape index (κ1) is 19.9. The van der Waals surface area contributed by atoms with Crippen LogP contribution in [0.2, 0.25) is 0 Å². The van der Waals surface area contributed by atoms with E-state index < -0.39 is 15.4 Å². The summed E-state index contributed by atoms with van der Waals surface area (Å²) in [6.45, 7) is 4.70. The average molecular weight is 361 g/mol. The van der Waals surface area contributed by atoms with Crippen molar-refractivity contribution in [3.05, 3.63) is 29.8 Å². The Kier molecular flexibility index (Phi) is 6.62. The van der Waals surface area contributed by atoms with E-state index in [0.717, 1.165) is 31.4 Å². The van der Waals surface area contributed by atoms with Crippen molar-refractivity contribution >= 4 is 28.2 Å². The molecule has 23 heavy (non-hydrogen) atoms. The monoisotopic (exact) mass is 360 g/mol. The van der Waals surface area contributed by atoms with E-state index in [0.29, 0.717) is 0 Å². The molecular formula is C16H25ClN2O3S. The summed E-state index contributed by atoms with van der Waals surface area (Å²) in [7, 11) is -3.19. The van der Waals surface area contributed by atoms with Gasteiger partial charge in [0, 0.05) is 6.26 Å². The van der Waals surface area contributed by atoms with Gasteiger partial charge in [0.1, 0.15) is 0 Å². The Morgan fingerprint density at radius 1 is 1.26 bits per heavy atom. The van der Waals surface area contributed by atoms with E-state index in [4.69, 9.17) is 0 Å². The Hall–Kier alpha value is -1.11. The van der Waals surface area contributed by atoms with Crippen LogP contribution in [0.5, 0.6) is 0 Å². The number of carbonyl (C=O) groups excluding carboxylic acids is 1. The Balaban J connectivity index is 0.00000264. The summed E-state index contributed by atoms with van der Waals surface area (Å²) in [6.07, 6.45) is 4.17. The van der Waals surface area contributed by atoms with Gasteiger partial charge in [-0.05, 0) is 57.4 Å². The van der Waals surface area contributed by atoms with Crippen LogP contribution in [0.25, 0.3) is 0 Å². The van der Waals surface area contributed by atoms with Crippen molar-refractivity contribution in [3.63, 3.8) is 0 Å². The molecule has 130 valence electrons. The number of hydrogen-bond acceptors (Lipinski definition) is 4. The average Bonchev–Trinajstić information content (AvgIpc) is 2.47. The summed E-state index contributed by atoms with van der Waals surface area (Å²) in [5, 5.41) is 6.30. The van der Waals surface area contributed by atoms with Crippen molar-refractivity contribution in [1.29, 1.82) is 0 Å². The molecule has 2 unspecified atom stereocenters. The fourth-order valence-corrected chi connectivity index (χ4v) is 3.32. The van der Waals surface area contributed by atoms with Gasteiger partial charge in [-0.3, -0.25) is 4.79 Å². The fourth-order valence-electron chi connectivity index (χ4n) is 2.69. The number of nitrogens with one attached hydrogen (secondary N) is 2. The molecule has 1 aliphatic heterocycles. The molecule has 0 aromatic heterocycles. The first-order valence-corrected chi connectivity index (χ1v) is 9.47. The number of benzene rings is 1. The van der Waals surface area contributed by atoms with Crippen LogP contribution in [0.4, 0.5) is 0 Å². The normalized spacial score (nSPS) is 22.7. The predicted molar refractivity (Wildman–Crippen MR) is 93.6 cm³/mol. The lowest BCUT2D eigenvalue weighted by Gasteiger charge is -2.34. The number of piperidine rings is 1. The van der Waals surface area contributed by atoms with E-state index in [1.165, 1.54) is 6.26 Å². The van der Waals surface area contributed by atoms with Gasteiger partial charge in [0.15, 0.2) is 9.84 Å². The van der Waals surface area contributed by atoms with Gasteiger partial charge in [-0.15, -0.1) is 12.4 Å². The van der Waals surface area contributed by atoms with Crippen molar-refractivity contribution in [2.24, 2.45) is 0 Å². The summed E-state index contributed by atoms with van der Waals surface area (Å²) in [4.78, 5) is 12.7. The first-order chi connectivity index (χ1) is 10.2. The molecule has 1 aliphatic rings.